The summed E-state index contributed by atoms with van der Waals surface area (Å²) in [6, 6.07) is 4.83. The Kier molecular flexibility index (Phi) is 4.20. The highest BCUT2D eigenvalue weighted by Gasteiger charge is 2.26. The van der Waals surface area contributed by atoms with Gasteiger partial charge >= 0.3 is 0 Å². The van der Waals surface area contributed by atoms with E-state index in [-0.39, 0.29) is 11.3 Å². The van der Waals surface area contributed by atoms with E-state index in [9.17, 15) is 23.3 Å². The summed E-state index contributed by atoms with van der Waals surface area (Å²) in [5.41, 5.74) is -0.00802. The van der Waals surface area contributed by atoms with Crippen LogP contribution in [0.4, 0.5) is 5.69 Å². The topological polar surface area (TPSA) is 94.3 Å². The summed E-state index contributed by atoms with van der Waals surface area (Å²) in [5, 5.41) is 10.4. The summed E-state index contributed by atoms with van der Waals surface area (Å²) < 4.78 is 21.2. The first-order valence-corrected chi connectivity index (χ1v) is 7.55. The van der Waals surface area contributed by atoms with Gasteiger partial charge in [-0.1, -0.05) is 22.6 Å². The van der Waals surface area contributed by atoms with Crippen LogP contribution in [0.5, 0.6) is 0 Å². The maximum atomic E-state index is 11.7. The number of carbonyl (C=O) groups excluding carboxylic acids is 1. The predicted molar refractivity (Wildman–Crippen MR) is 70.1 cm³/mol. The van der Waals surface area contributed by atoms with Crippen LogP contribution in [0.25, 0.3) is 0 Å². The summed E-state index contributed by atoms with van der Waals surface area (Å²) in [6.07, 6.45) is 0.966. The molecule has 0 aliphatic carbocycles. The van der Waals surface area contributed by atoms with Gasteiger partial charge in [0, 0.05) is 24.0 Å². The number of benzene rings is 1. The number of Topliss-reactive ketones (excluding diaryl/α,β-unsaturated/α-hetero) is 1. The molecular formula is C9H8INO5S. The molecule has 0 saturated carbocycles. The zero-order valence-electron chi connectivity index (χ0n) is 8.66. The number of nitro groups is 1. The number of nitrogens with zero attached hydrogens (tertiary/aromatic N) is 1. The van der Waals surface area contributed by atoms with Gasteiger partial charge in [-0.25, -0.2) is 8.42 Å². The normalized spacial score (nSPS) is 13.1. The second-order valence-corrected chi connectivity index (χ2v) is 7.54. The zero-order valence-corrected chi connectivity index (χ0v) is 11.6. The first-order chi connectivity index (χ1) is 7.73. The molecule has 0 saturated heterocycles. The van der Waals surface area contributed by atoms with E-state index >= 15 is 0 Å². The molecule has 1 aromatic carbocycles. The minimum Gasteiger partial charge on any atom is -0.292 e. The monoisotopic (exact) mass is 369 g/mol. The highest BCUT2D eigenvalue weighted by atomic mass is 127. The molecule has 0 radical (unpaired) electrons. The van der Waals surface area contributed by atoms with E-state index in [0.29, 0.717) is 0 Å². The Hall–Kier alpha value is -1.03. The SMILES string of the molecule is CS(=O)(=O)C(I)C(=O)c1ccc([N+](=O)[O-])cc1. The van der Waals surface area contributed by atoms with E-state index in [2.05, 4.69) is 0 Å². The first-order valence-electron chi connectivity index (χ1n) is 4.35. The molecule has 0 fully saturated rings. The van der Waals surface area contributed by atoms with Gasteiger partial charge in [0.15, 0.2) is 18.9 Å². The second-order valence-electron chi connectivity index (χ2n) is 3.31. The van der Waals surface area contributed by atoms with Crippen LogP contribution in [0.15, 0.2) is 24.3 Å². The Labute approximate surface area is 111 Å². The number of sulfone groups is 1. The van der Waals surface area contributed by atoms with Crippen LogP contribution in [0.1, 0.15) is 10.4 Å². The molecule has 1 rings (SSSR count). The van der Waals surface area contributed by atoms with E-state index < -0.39 is 23.8 Å². The fourth-order valence-electron chi connectivity index (χ4n) is 1.07. The molecule has 0 amide bonds. The van der Waals surface area contributed by atoms with Crippen molar-refractivity contribution < 1.29 is 18.1 Å². The fourth-order valence-corrected chi connectivity index (χ4v) is 1.96. The predicted octanol–water partition coefficient (Wildman–Crippen LogP) is 1.58. The number of halogens is 1. The van der Waals surface area contributed by atoms with Crippen molar-refractivity contribution in [2.75, 3.05) is 6.26 Å². The second kappa shape index (κ2) is 5.08. The van der Waals surface area contributed by atoms with Crippen LogP contribution in [0.3, 0.4) is 0 Å². The minimum atomic E-state index is -3.47. The number of alkyl halides is 1. The number of ketones is 1. The van der Waals surface area contributed by atoms with E-state index in [0.717, 1.165) is 6.26 Å². The average molecular weight is 369 g/mol. The molecule has 0 N–H and O–H groups in total. The molecule has 6 nitrogen and oxygen atoms in total. The van der Waals surface area contributed by atoms with E-state index in [1.807, 2.05) is 0 Å². The van der Waals surface area contributed by atoms with Gasteiger partial charge in [-0.15, -0.1) is 0 Å². The van der Waals surface area contributed by atoms with Gasteiger partial charge < -0.3 is 0 Å². The third kappa shape index (κ3) is 3.46. The summed E-state index contributed by atoms with van der Waals surface area (Å²) in [6.45, 7) is 0. The highest BCUT2D eigenvalue weighted by molar-refractivity contribution is 14.1. The van der Waals surface area contributed by atoms with Crippen molar-refractivity contribution in [1.82, 2.24) is 0 Å². The van der Waals surface area contributed by atoms with Gasteiger partial charge in [0.25, 0.3) is 5.69 Å². The largest absolute Gasteiger partial charge is 0.292 e. The smallest absolute Gasteiger partial charge is 0.269 e. The van der Waals surface area contributed by atoms with Gasteiger partial charge in [-0.2, -0.15) is 0 Å². The lowest BCUT2D eigenvalue weighted by Gasteiger charge is -2.06. The molecule has 1 unspecified atom stereocenters. The van der Waals surface area contributed by atoms with E-state index in [1.165, 1.54) is 46.9 Å². The van der Waals surface area contributed by atoms with Gasteiger partial charge in [0.2, 0.25) is 0 Å². The van der Waals surface area contributed by atoms with Gasteiger partial charge in [-0.05, 0) is 12.1 Å². The van der Waals surface area contributed by atoms with Gasteiger partial charge in [0.05, 0.1) is 4.92 Å². The van der Waals surface area contributed by atoms with Gasteiger partial charge in [-0.3, -0.25) is 14.9 Å². The number of carbonyl (C=O) groups is 1. The molecule has 0 bridgehead atoms. The number of nitro benzene ring substituents is 1. The maximum Gasteiger partial charge on any atom is 0.269 e. The standard InChI is InChI=1S/C9H8INO5S/c1-17(15,16)9(10)8(12)6-2-4-7(5-3-6)11(13)14/h2-5,9H,1H3. The van der Waals surface area contributed by atoms with Crippen LogP contribution in [-0.4, -0.2) is 28.6 Å². The highest BCUT2D eigenvalue weighted by Crippen LogP contribution is 2.18. The van der Waals surface area contributed by atoms with E-state index in [1.54, 1.807) is 0 Å². The molecule has 1 atom stereocenters. The molecule has 0 heterocycles. The number of hydrogen-bond acceptors (Lipinski definition) is 5. The maximum absolute atomic E-state index is 11.7. The molecule has 0 spiro atoms. The van der Waals surface area contributed by atoms with Gasteiger partial charge in [0.1, 0.15) is 0 Å². The Morgan fingerprint density at radius 3 is 2.18 bits per heavy atom. The number of non-ortho nitro benzene ring substituents is 1. The van der Waals surface area contributed by atoms with Crippen molar-refractivity contribution in [3.05, 3.63) is 39.9 Å². The third-order valence-corrected chi connectivity index (χ3v) is 6.25. The van der Waals surface area contributed by atoms with E-state index in [4.69, 9.17) is 0 Å². The Morgan fingerprint density at radius 1 is 1.35 bits per heavy atom. The first kappa shape index (κ1) is 14.0. The van der Waals surface area contributed by atoms with Crippen LogP contribution >= 0.6 is 22.6 Å². The van der Waals surface area contributed by atoms with Crippen LogP contribution in [-0.2, 0) is 9.84 Å². The van der Waals surface area contributed by atoms with Crippen molar-refractivity contribution in [3.63, 3.8) is 0 Å². The summed E-state index contributed by atoms with van der Waals surface area (Å²) in [4.78, 5) is 21.5. The quantitative estimate of drug-likeness (QED) is 0.264. The zero-order chi connectivity index (χ0) is 13.2. The van der Waals surface area contributed by atoms with Crippen molar-refractivity contribution in [1.29, 1.82) is 0 Å². The fraction of sp³-hybridized carbons (Fsp3) is 0.222. The average Bonchev–Trinajstić information content (AvgIpc) is 2.26. The Morgan fingerprint density at radius 2 is 1.82 bits per heavy atom. The summed E-state index contributed by atoms with van der Waals surface area (Å²) in [7, 11) is -3.47. The summed E-state index contributed by atoms with van der Waals surface area (Å²) >= 11 is 1.53. The lowest BCUT2D eigenvalue weighted by atomic mass is 10.1. The lowest BCUT2D eigenvalue weighted by Crippen LogP contribution is -2.23. The molecule has 0 aromatic heterocycles. The van der Waals surface area contributed by atoms with Crippen LogP contribution < -0.4 is 0 Å². The van der Waals surface area contributed by atoms with Crippen molar-refractivity contribution >= 4 is 43.9 Å². The van der Waals surface area contributed by atoms with Crippen molar-refractivity contribution in [3.8, 4) is 0 Å². The Bertz CT molecular complexity index is 551. The third-order valence-electron chi connectivity index (χ3n) is 1.94. The molecule has 0 aliphatic rings. The lowest BCUT2D eigenvalue weighted by molar-refractivity contribution is -0.384. The van der Waals surface area contributed by atoms with Crippen molar-refractivity contribution in [2.24, 2.45) is 0 Å². The molecule has 0 aliphatic heterocycles. The molecule has 1 aromatic rings. The van der Waals surface area contributed by atoms with Crippen molar-refractivity contribution in [2.45, 2.75) is 3.26 Å². The molecule has 8 heteroatoms. The van der Waals surface area contributed by atoms with Crippen LogP contribution in [0, 0.1) is 10.1 Å². The molecule has 17 heavy (non-hydrogen) atoms. The minimum absolute atomic E-state index is 0.139. The summed E-state index contributed by atoms with van der Waals surface area (Å²) in [5.74, 6) is -0.581. The Balaban J connectivity index is 3.03. The number of rotatable bonds is 4. The molecule has 92 valence electrons. The van der Waals surface area contributed by atoms with Crippen LogP contribution in [0.2, 0.25) is 0 Å². The number of hydrogen-bond donors (Lipinski definition) is 0. The molecular weight excluding hydrogens is 361 g/mol.